The van der Waals surface area contributed by atoms with Crippen LogP contribution in [0.4, 0.5) is 0 Å². The largest absolute Gasteiger partial charge is 0.494 e. The normalized spacial score (nSPS) is 15.4. The highest BCUT2D eigenvalue weighted by Gasteiger charge is 2.33. The second-order valence-corrected chi connectivity index (χ2v) is 8.89. The number of amides is 1. The lowest BCUT2D eigenvalue weighted by molar-refractivity contribution is 0.0591. The van der Waals surface area contributed by atoms with Gasteiger partial charge in [-0.2, -0.15) is 4.98 Å². The molecule has 2 heterocycles. The van der Waals surface area contributed by atoms with Gasteiger partial charge in [-0.25, -0.2) is 0 Å². The van der Waals surface area contributed by atoms with Crippen LogP contribution in [0.15, 0.2) is 53.3 Å². The molecule has 1 aliphatic rings. The van der Waals surface area contributed by atoms with Gasteiger partial charge in [0, 0.05) is 19.0 Å². The van der Waals surface area contributed by atoms with E-state index >= 15 is 0 Å². The van der Waals surface area contributed by atoms with Gasteiger partial charge in [-0.05, 0) is 38.0 Å². The Morgan fingerprint density at radius 3 is 2.36 bits per heavy atom. The molecule has 0 aliphatic carbocycles. The van der Waals surface area contributed by atoms with Gasteiger partial charge in [-0.3, -0.25) is 14.2 Å². The van der Waals surface area contributed by atoms with Crippen LogP contribution in [0.1, 0.15) is 47.9 Å². The predicted octanol–water partition coefficient (Wildman–Crippen LogP) is 3.51. The molecule has 36 heavy (non-hydrogen) atoms. The molecule has 190 valence electrons. The summed E-state index contributed by atoms with van der Waals surface area (Å²) in [6.07, 6.45) is 0.608. The third kappa shape index (κ3) is 4.92. The number of hydrogen-bond acceptors (Lipinski definition) is 7. The Bertz CT molecular complexity index is 1270. The quantitative estimate of drug-likeness (QED) is 0.512. The van der Waals surface area contributed by atoms with E-state index < -0.39 is 22.9 Å². The number of ether oxygens (including phenoxy) is 3. The van der Waals surface area contributed by atoms with Gasteiger partial charge in [0.2, 0.25) is 5.88 Å². The fourth-order valence-electron chi connectivity index (χ4n) is 4.46. The van der Waals surface area contributed by atoms with Crippen molar-refractivity contribution in [3.05, 3.63) is 75.8 Å². The zero-order valence-corrected chi connectivity index (χ0v) is 20.9. The van der Waals surface area contributed by atoms with Crippen LogP contribution in [-0.2, 0) is 11.3 Å². The summed E-state index contributed by atoms with van der Waals surface area (Å²) < 4.78 is 17.9. The van der Waals surface area contributed by atoms with E-state index in [1.54, 1.807) is 23.1 Å². The van der Waals surface area contributed by atoms with Crippen molar-refractivity contribution in [3.63, 3.8) is 0 Å². The van der Waals surface area contributed by atoms with Gasteiger partial charge in [0.05, 0.1) is 20.3 Å². The number of likely N-dealkylation sites (tertiary alicyclic amines) is 1. The summed E-state index contributed by atoms with van der Waals surface area (Å²) in [4.78, 5) is 33.3. The van der Waals surface area contributed by atoms with E-state index in [1.165, 1.54) is 18.8 Å². The summed E-state index contributed by atoms with van der Waals surface area (Å²) in [5.74, 6) is -0.227. The number of hydrogen-bond donors (Lipinski definition) is 1. The molecule has 0 unspecified atom stereocenters. The average molecular weight is 494 g/mol. The van der Waals surface area contributed by atoms with E-state index in [2.05, 4.69) is 4.98 Å². The fourth-order valence-corrected chi connectivity index (χ4v) is 4.46. The van der Waals surface area contributed by atoms with Crippen LogP contribution in [0.5, 0.6) is 17.4 Å². The van der Waals surface area contributed by atoms with E-state index in [0.29, 0.717) is 24.6 Å². The first kappa shape index (κ1) is 25.2. The Balaban J connectivity index is 1.81. The molecule has 0 radical (unpaired) electrons. The molecule has 1 aliphatic heterocycles. The van der Waals surface area contributed by atoms with Crippen molar-refractivity contribution in [1.29, 1.82) is 0 Å². The number of aromatic nitrogens is 2. The minimum atomic E-state index is -0.721. The highest BCUT2D eigenvalue weighted by molar-refractivity contribution is 5.96. The van der Waals surface area contributed by atoms with Crippen molar-refractivity contribution in [2.45, 2.75) is 38.9 Å². The SMILES string of the molecule is COc1cccc(OC)c1-n1c(COC(C)C)nc(O)c(C(=O)N2CC[C@H](c3ccccc3)C2)c1=O. The summed E-state index contributed by atoms with van der Waals surface area (Å²) in [6.45, 7) is 4.53. The first-order valence-electron chi connectivity index (χ1n) is 11.9. The van der Waals surface area contributed by atoms with Crippen LogP contribution < -0.4 is 15.0 Å². The predicted molar refractivity (Wildman–Crippen MR) is 134 cm³/mol. The number of benzene rings is 2. The summed E-state index contributed by atoms with van der Waals surface area (Å²) >= 11 is 0. The number of methoxy groups -OCH3 is 2. The lowest BCUT2D eigenvalue weighted by atomic mass is 9.99. The summed E-state index contributed by atoms with van der Waals surface area (Å²) in [6, 6.07) is 15.0. The van der Waals surface area contributed by atoms with Crippen molar-refractivity contribution in [1.82, 2.24) is 14.5 Å². The van der Waals surface area contributed by atoms with Gasteiger partial charge >= 0.3 is 0 Å². The second kappa shape index (κ2) is 10.8. The van der Waals surface area contributed by atoms with Crippen molar-refractivity contribution in [2.75, 3.05) is 27.3 Å². The van der Waals surface area contributed by atoms with Crippen molar-refractivity contribution >= 4 is 5.91 Å². The maximum absolute atomic E-state index is 13.9. The Hall–Kier alpha value is -3.85. The highest BCUT2D eigenvalue weighted by Crippen LogP contribution is 2.34. The average Bonchev–Trinajstić information content (AvgIpc) is 3.38. The Labute approximate surface area is 209 Å². The zero-order valence-electron chi connectivity index (χ0n) is 20.9. The van der Waals surface area contributed by atoms with Gasteiger partial charge in [-0.1, -0.05) is 36.4 Å². The molecule has 1 N–H and O–H groups in total. The molecule has 4 rings (SSSR count). The number of nitrogens with zero attached hydrogens (tertiary/aromatic N) is 3. The van der Waals surface area contributed by atoms with Crippen LogP contribution in [0.3, 0.4) is 0 Å². The number of carbonyl (C=O) groups excluding carboxylic acids is 1. The van der Waals surface area contributed by atoms with E-state index in [1.807, 2.05) is 44.2 Å². The topological polar surface area (TPSA) is 103 Å². The fraction of sp³-hybridized carbons (Fsp3) is 0.370. The highest BCUT2D eigenvalue weighted by atomic mass is 16.5. The maximum Gasteiger partial charge on any atom is 0.275 e. The molecule has 1 atom stereocenters. The molecule has 0 bridgehead atoms. The molecular formula is C27H31N3O6. The molecule has 9 heteroatoms. The number of carbonyl (C=O) groups is 1. The van der Waals surface area contributed by atoms with Crippen molar-refractivity contribution in [3.8, 4) is 23.1 Å². The lowest BCUT2D eigenvalue weighted by Crippen LogP contribution is -2.37. The molecule has 1 aromatic heterocycles. The zero-order chi connectivity index (χ0) is 25.8. The molecule has 1 amide bonds. The van der Waals surface area contributed by atoms with E-state index in [4.69, 9.17) is 14.2 Å². The van der Waals surface area contributed by atoms with Crippen molar-refractivity contribution < 1.29 is 24.1 Å². The summed E-state index contributed by atoms with van der Waals surface area (Å²) in [7, 11) is 2.95. The molecule has 0 spiro atoms. The number of rotatable bonds is 8. The lowest BCUT2D eigenvalue weighted by Gasteiger charge is -2.21. The second-order valence-electron chi connectivity index (χ2n) is 8.89. The number of para-hydroxylation sites is 1. The first-order chi connectivity index (χ1) is 17.3. The van der Waals surface area contributed by atoms with Crippen LogP contribution in [0.2, 0.25) is 0 Å². The Kier molecular flexibility index (Phi) is 7.59. The van der Waals surface area contributed by atoms with Gasteiger partial charge in [0.1, 0.15) is 29.6 Å². The van der Waals surface area contributed by atoms with Crippen LogP contribution in [0.25, 0.3) is 5.69 Å². The van der Waals surface area contributed by atoms with Gasteiger partial charge in [0.25, 0.3) is 11.5 Å². The number of aromatic hydroxyl groups is 1. The molecule has 2 aromatic carbocycles. The monoisotopic (exact) mass is 493 g/mol. The molecule has 3 aromatic rings. The maximum atomic E-state index is 13.9. The Morgan fingerprint density at radius 2 is 1.75 bits per heavy atom. The molecule has 1 fully saturated rings. The smallest absolute Gasteiger partial charge is 0.275 e. The van der Waals surface area contributed by atoms with Crippen LogP contribution >= 0.6 is 0 Å². The summed E-state index contributed by atoms with van der Waals surface area (Å²) in [5.41, 5.74) is 0.290. The van der Waals surface area contributed by atoms with Gasteiger partial charge < -0.3 is 24.2 Å². The van der Waals surface area contributed by atoms with Gasteiger partial charge in [-0.15, -0.1) is 0 Å². The molecule has 1 saturated heterocycles. The minimum Gasteiger partial charge on any atom is -0.494 e. The molecule has 0 saturated carbocycles. The van der Waals surface area contributed by atoms with E-state index in [-0.39, 0.29) is 30.1 Å². The van der Waals surface area contributed by atoms with Gasteiger partial charge in [0.15, 0.2) is 5.56 Å². The molecule has 9 nitrogen and oxygen atoms in total. The van der Waals surface area contributed by atoms with Crippen molar-refractivity contribution in [2.24, 2.45) is 0 Å². The Morgan fingerprint density at radius 1 is 1.08 bits per heavy atom. The third-order valence-corrected chi connectivity index (χ3v) is 6.27. The van der Waals surface area contributed by atoms with E-state index in [0.717, 1.165) is 12.0 Å². The third-order valence-electron chi connectivity index (χ3n) is 6.27. The van der Waals surface area contributed by atoms with Crippen LogP contribution in [-0.4, -0.2) is 58.9 Å². The minimum absolute atomic E-state index is 0.0735. The summed E-state index contributed by atoms with van der Waals surface area (Å²) in [5, 5.41) is 10.8. The molecular weight excluding hydrogens is 462 g/mol. The standard InChI is InChI=1S/C27H31N3O6/c1-17(2)36-16-22-28-25(31)23(26(32)29-14-13-19(15-29)18-9-6-5-7-10-18)27(33)30(22)24-20(34-3)11-8-12-21(24)35-4/h5-12,17,19,31H,13-16H2,1-4H3/t19-/m0/s1. The van der Waals surface area contributed by atoms with Crippen LogP contribution in [0, 0.1) is 0 Å². The van der Waals surface area contributed by atoms with E-state index in [9.17, 15) is 14.7 Å². The first-order valence-corrected chi connectivity index (χ1v) is 11.9.